The van der Waals surface area contributed by atoms with E-state index in [-0.39, 0.29) is 17.9 Å². The van der Waals surface area contributed by atoms with Crippen molar-refractivity contribution in [2.24, 2.45) is 0 Å². The van der Waals surface area contributed by atoms with Crippen molar-refractivity contribution in [1.82, 2.24) is 14.6 Å². The minimum absolute atomic E-state index is 0.115. The number of carbonyl (C=O) groups is 1. The van der Waals surface area contributed by atoms with E-state index < -0.39 is 29.0 Å². The van der Waals surface area contributed by atoms with Gasteiger partial charge in [0.15, 0.2) is 11.3 Å². The van der Waals surface area contributed by atoms with Crippen LogP contribution >= 0.6 is 0 Å². The molecule has 1 aromatic carbocycles. The number of nitrogens with zero attached hydrogens (tertiary/aromatic N) is 2. The molecule has 0 aliphatic rings. The highest BCUT2D eigenvalue weighted by molar-refractivity contribution is 5.97. The molecule has 0 amide bonds. The van der Waals surface area contributed by atoms with Gasteiger partial charge in [-0.1, -0.05) is 30.3 Å². The van der Waals surface area contributed by atoms with Crippen molar-refractivity contribution in [3.8, 4) is 11.3 Å². The number of hydrogen-bond donors (Lipinski definition) is 1. The third kappa shape index (κ3) is 3.00. The summed E-state index contributed by atoms with van der Waals surface area (Å²) in [5.41, 5.74) is -2.61. The Hall–Kier alpha value is -3.10. The van der Waals surface area contributed by atoms with Gasteiger partial charge >= 0.3 is 12.1 Å². The van der Waals surface area contributed by atoms with Crippen LogP contribution in [-0.2, 0) is 10.9 Å². The lowest BCUT2D eigenvalue weighted by Gasteiger charge is -2.06. The number of alkyl halides is 3. The maximum atomic E-state index is 13.2. The van der Waals surface area contributed by atoms with Crippen LogP contribution in [0, 0.1) is 0 Å². The fraction of sp³-hybridized carbons (Fsp3) is 0.188. The van der Waals surface area contributed by atoms with E-state index in [0.29, 0.717) is 10.1 Å². The highest BCUT2D eigenvalue weighted by Crippen LogP contribution is 2.33. The third-order valence-electron chi connectivity index (χ3n) is 3.45. The standard InChI is InChI=1S/C16H12F3N3O3/c1-2-25-15(24)12-13(16(17,18)19)21-22-11(23)8-10(20-14(12)22)9-6-4-3-5-7-9/h3-8,20H,2H2,1H3. The number of benzene rings is 1. The summed E-state index contributed by atoms with van der Waals surface area (Å²) in [7, 11) is 0. The van der Waals surface area contributed by atoms with Crippen molar-refractivity contribution in [1.29, 1.82) is 0 Å². The smallest absolute Gasteiger partial charge is 0.436 e. The molecule has 0 bridgehead atoms. The maximum Gasteiger partial charge on any atom is 0.436 e. The molecule has 3 aromatic rings. The molecule has 25 heavy (non-hydrogen) atoms. The number of halogens is 3. The number of hydrogen-bond acceptors (Lipinski definition) is 4. The second kappa shape index (κ2) is 6.08. The fourth-order valence-electron chi connectivity index (χ4n) is 2.41. The van der Waals surface area contributed by atoms with Gasteiger partial charge in [-0.15, -0.1) is 0 Å². The van der Waals surface area contributed by atoms with Crippen LogP contribution in [0.5, 0.6) is 0 Å². The van der Waals surface area contributed by atoms with E-state index in [0.717, 1.165) is 6.07 Å². The molecular formula is C16H12F3N3O3. The molecule has 2 aromatic heterocycles. The van der Waals surface area contributed by atoms with Crippen molar-refractivity contribution < 1.29 is 22.7 Å². The average Bonchev–Trinajstić information content (AvgIpc) is 2.96. The number of rotatable bonds is 3. The van der Waals surface area contributed by atoms with E-state index in [1.165, 1.54) is 6.92 Å². The first-order valence-corrected chi connectivity index (χ1v) is 7.28. The third-order valence-corrected chi connectivity index (χ3v) is 3.45. The van der Waals surface area contributed by atoms with Gasteiger partial charge in [0.2, 0.25) is 0 Å². The van der Waals surface area contributed by atoms with Gasteiger partial charge < -0.3 is 9.72 Å². The molecule has 0 unspecified atom stereocenters. The number of nitrogens with one attached hydrogen (secondary N) is 1. The van der Waals surface area contributed by atoms with Crippen molar-refractivity contribution in [3.63, 3.8) is 0 Å². The second-order valence-electron chi connectivity index (χ2n) is 5.09. The average molecular weight is 351 g/mol. The van der Waals surface area contributed by atoms with Crippen molar-refractivity contribution in [2.45, 2.75) is 13.1 Å². The van der Waals surface area contributed by atoms with Gasteiger partial charge in [-0.05, 0) is 12.5 Å². The van der Waals surface area contributed by atoms with Crippen molar-refractivity contribution in [2.75, 3.05) is 6.61 Å². The van der Waals surface area contributed by atoms with Crippen LogP contribution in [0.4, 0.5) is 13.2 Å². The largest absolute Gasteiger partial charge is 0.462 e. The predicted molar refractivity (Wildman–Crippen MR) is 82.2 cm³/mol. The summed E-state index contributed by atoms with van der Waals surface area (Å²) in [5, 5.41) is 3.27. The highest BCUT2D eigenvalue weighted by atomic mass is 19.4. The lowest BCUT2D eigenvalue weighted by Crippen LogP contribution is -2.15. The van der Waals surface area contributed by atoms with Crippen LogP contribution in [0.1, 0.15) is 23.0 Å². The molecule has 0 aliphatic heterocycles. The number of aromatic nitrogens is 3. The number of H-pyrrole nitrogens is 1. The van der Waals surface area contributed by atoms with E-state index in [1.807, 2.05) is 0 Å². The quantitative estimate of drug-likeness (QED) is 0.736. The minimum atomic E-state index is -4.92. The van der Waals surface area contributed by atoms with Gasteiger partial charge in [0.25, 0.3) is 5.56 Å². The van der Waals surface area contributed by atoms with Gasteiger partial charge in [-0.2, -0.15) is 22.8 Å². The highest BCUT2D eigenvalue weighted by Gasteiger charge is 2.41. The second-order valence-corrected chi connectivity index (χ2v) is 5.09. The Morgan fingerprint density at radius 2 is 1.96 bits per heavy atom. The summed E-state index contributed by atoms with van der Waals surface area (Å²) in [6, 6.07) is 9.64. The SMILES string of the molecule is CCOC(=O)c1c(C(F)(F)F)nn2c(=O)cc(-c3ccccc3)[nH]c12. The molecule has 0 fully saturated rings. The summed E-state index contributed by atoms with van der Waals surface area (Å²) in [6.07, 6.45) is -4.92. The van der Waals surface area contributed by atoms with Crippen LogP contribution in [0.25, 0.3) is 16.9 Å². The summed E-state index contributed by atoms with van der Waals surface area (Å²) in [4.78, 5) is 26.9. The van der Waals surface area contributed by atoms with Crippen LogP contribution < -0.4 is 5.56 Å². The molecular weight excluding hydrogens is 339 g/mol. The molecule has 0 saturated heterocycles. The van der Waals surface area contributed by atoms with Gasteiger partial charge in [0.1, 0.15) is 5.56 Å². The topological polar surface area (TPSA) is 76.5 Å². The number of ether oxygens (including phenoxy) is 1. The zero-order valence-electron chi connectivity index (χ0n) is 12.9. The number of carbonyl (C=O) groups excluding carboxylic acids is 1. The molecule has 0 aliphatic carbocycles. The van der Waals surface area contributed by atoms with Gasteiger partial charge in [-0.3, -0.25) is 4.79 Å². The Kier molecular flexibility index (Phi) is 4.07. The first-order chi connectivity index (χ1) is 11.8. The van der Waals surface area contributed by atoms with Crippen molar-refractivity contribution in [3.05, 3.63) is 58.0 Å². The molecule has 0 atom stereocenters. The Labute approximate surface area is 138 Å². The molecule has 0 spiro atoms. The Morgan fingerprint density at radius 1 is 1.28 bits per heavy atom. The lowest BCUT2D eigenvalue weighted by atomic mass is 10.1. The first kappa shape index (κ1) is 16.7. The molecule has 9 heteroatoms. The summed E-state index contributed by atoms with van der Waals surface area (Å²) >= 11 is 0. The molecule has 130 valence electrons. The first-order valence-electron chi connectivity index (χ1n) is 7.28. The fourth-order valence-corrected chi connectivity index (χ4v) is 2.41. The maximum absolute atomic E-state index is 13.2. The van der Waals surface area contributed by atoms with Gasteiger partial charge in [0, 0.05) is 6.07 Å². The van der Waals surface area contributed by atoms with E-state index in [4.69, 9.17) is 4.74 Å². The van der Waals surface area contributed by atoms with Crippen LogP contribution in [-0.4, -0.2) is 27.2 Å². The Bertz CT molecular complexity index is 991. The van der Waals surface area contributed by atoms with E-state index in [1.54, 1.807) is 30.3 Å². The molecule has 1 N–H and O–H groups in total. The van der Waals surface area contributed by atoms with Crippen molar-refractivity contribution >= 4 is 11.6 Å². The van der Waals surface area contributed by atoms with E-state index in [2.05, 4.69) is 10.1 Å². The minimum Gasteiger partial charge on any atom is -0.462 e. The van der Waals surface area contributed by atoms with E-state index >= 15 is 0 Å². The molecule has 2 heterocycles. The summed E-state index contributed by atoms with van der Waals surface area (Å²) in [5.74, 6) is -1.20. The molecule has 0 saturated carbocycles. The lowest BCUT2D eigenvalue weighted by molar-refractivity contribution is -0.141. The van der Waals surface area contributed by atoms with Crippen LogP contribution in [0.15, 0.2) is 41.2 Å². The monoisotopic (exact) mass is 351 g/mol. The predicted octanol–water partition coefficient (Wildman–Crippen LogP) is 2.89. The Morgan fingerprint density at radius 3 is 2.56 bits per heavy atom. The normalized spacial score (nSPS) is 11.7. The zero-order chi connectivity index (χ0) is 18.2. The van der Waals surface area contributed by atoms with Gasteiger partial charge in [-0.25, -0.2) is 4.79 Å². The van der Waals surface area contributed by atoms with Crippen LogP contribution in [0.2, 0.25) is 0 Å². The van der Waals surface area contributed by atoms with E-state index in [9.17, 15) is 22.8 Å². The molecule has 0 radical (unpaired) electrons. The number of fused-ring (bicyclic) bond motifs is 1. The number of aromatic amines is 1. The van der Waals surface area contributed by atoms with Crippen LogP contribution in [0.3, 0.4) is 0 Å². The Balaban J connectivity index is 2.34. The molecule has 3 rings (SSSR count). The molecule has 6 nitrogen and oxygen atoms in total. The summed E-state index contributed by atoms with van der Waals surface area (Å²) < 4.78 is 44.9. The van der Waals surface area contributed by atoms with Gasteiger partial charge in [0.05, 0.1) is 12.3 Å². The summed E-state index contributed by atoms with van der Waals surface area (Å²) in [6.45, 7) is 1.35. The zero-order valence-corrected chi connectivity index (χ0v) is 12.9. The number of esters is 1.